The van der Waals surface area contributed by atoms with Crippen LogP contribution in [0.5, 0.6) is 0 Å². The molecule has 0 radical (unpaired) electrons. The summed E-state index contributed by atoms with van der Waals surface area (Å²) in [4.78, 5) is 23.2. The Bertz CT molecular complexity index is 930. The maximum atomic E-state index is 12.3. The van der Waals surface area contributed by atoms with Crippen molar-refractivity contribution in [2.45, 2.75) is 24.2 Å². The molecule has 0 saturated carbocycles. The third-order valence-electron chi connectivity index (χ3n) is 3.94. The van der Waals surface area contributed by atoms with Crippen LogP contribution in [0.3, 0.4) is 0 Å². The fraction of sp³-hybridized carbons (Fsp3) is 0.375. The Kier molecular flexibility index (Phi) is 5.40. The molecule has 0 aliphatic heterocycles. The predicted octanol–water partition coefficient (Wildman–Crippen LogP) is 0.556. The maximum Gasteiger partial charge on any atom is 0.330 e. The Morgan fingerprint density at radius 3 is 2.38 bits per heavy atom. The van der Waals surface area contributed by atoms with Crippen LogP contribution in [-0.2, 0) is 24.1 Å². The largest absolute Gasteiger partial charge is 0.330 e. The van der Waals surface area contributed by atoms with Gasteiger partial charge in [-0.2, -0.15) is 0 Å². The van der Waals surface area contributed by atoms with Crippen molar-refractivity contribution < 1.29 is 8.42 Å². The molecule has 0 aliphatic carbocycles. The van der Waals surface area contributed by atoms with E-state index in [1.807, 2.05) is 37.3 Å². The molecule has 130 valence electrons. The first kappa shape index (κ1) is 18.2. The fourth-order valence-corrected chi connectivity index (χ4v) is 3.60. The van der Waals surface area contributed by atoms with Gasteiger partial charge in [-0.25, -0.2) is 17.9 Å². The molecule has 7 nitrogen and oxygen atoms in total. The van der Waals surface area contributed by atoms with E-state index >= 15 is 0 Å². The van der Waals surface area contributed by atoms with E-state index in [1.54, 1.807) is 0 Å². The predicted molar refractivity (Wildman–Crippen MR) is 91.6 cm³/mol. The Morgan fingerprint density at radius 1 is 1.12 bits per heavy atom. The van der Waals surface area contributed by atoms with Crippen molar-refractivity contribution in [2.75, 3.05) is 6.54 Å². The van der Waals surface area contributed by atoms with Crippen LogP contribution in [0.15, 0.2) is 51.0 Å². The van der Waals surface area contributed by atoms with Crippen molar-refractivity contribution in [3.8, 4) is 0 Å². The lowest BCUT2D eigenvalue weighted by molar-refractivity contribution is 0.563. The minimum absolute atomic E-state index is 0.178. The molecule has 1 unspecified atom stereocenters. The lowest BCUT2D eigenvalue weighted by Gasteiger charge is -2.13. The number of sulfonamides is 1. The zero-order valence-electron chi connectivity index (χ0n) is 13.9. The molecule has 0 bridgehead atoms. The van der Waals surface area contributed by atoms with E-state index in [9.17, 15) is 18.0 Å². The molecule has 2 rings (SSSR count). The maximum absolute atomic E-state index is 12.3. The summed E-state index contributed by atoms with van der Waals surface area (Å²) >= 11 is 0. The van der Waals surface area contributed by atoms with Crippen molar-refractivity contribution in [1.29, 1.82) is 0 Å². The second-order valence-corrected chi connectivity index (χ2v) is 7.48. The summed E-state index contributed by atoms with van der Waals surface area (Å²) in [5.74, 6) is 0.178. The van der Waals surface area contributed by atoms with Gasteiger partial charge in [0.15, 0.2) is 4.90 Å². The van der Waals surface area contributed by atoms with Gasteiger partial charge in [-0.15, -0.1) is 0 Å². The number of nitrogens with zero attached hydrogens (tertiary/aromatic N) is 2. The SMILES string of the molecule is CC(CCNS(=O)(=O)c1cn(C)c(=O)n(C)c1=O)c1ccccc1. The standard InChI is InChI=1S/C16H21N3O4S/c1-12(13-7-5-4-6-8-13)9-10-17-24(22,23)14-11-18(2)16(21)19(3)15(14)20/h4-8,11-12,17H,9-10H2,1-3H3. The average Bonchev–Trinajstić information content (AvgIpc) is 2.56. The molecule has 1 aromatic carbocycles. The van der Waals surface area contributed by atoms with E-state index in [1.165, 1.54) is 14.1 Å². The topological polar surface area (TPSA) is 90.2 Å². The molecule has 0 saturated heterocycles. The average molecular weight is 351 g/mol. The Morgan fingerprint density at radius 2 is 1.75 bits per heavy atom. The number of nitrogens with one attached hydrogen (secondary N) is 1. The van der Waals surface area contributed by atoms with Gasteiger partial charge in [0.1, 0.15) is 0 Å². The lowest BCUT2D eigenvalue weighted by atomic mass is 9.98. The van der Waals surface area contributed by atoms with Crippen LogP contribution in [0.25, 0.3) is 0 Å². The van der Waals surface area contributed by atoms with Crippen LogP contribution in [0, 0.1) is 0 Å². The van der Waals surface area contributed by atoms with E-state index in [0.717, 1.165) is 20.9 Å². The fourth-order valence-electron chi connectivity index (χ4n) is 2.40. The number of aromatic nitrogens is 2. The van der Waals surface area contributed by atoms with E-state index in [-0.39, 0.29) is 12.5 Å². The minimum Gasteiger partial charge on any atom is -0.302 e. The van der Waals surface area contributed by atoms with Crippen LogP contribution in [-0.4, -0.2) is 24.1 Å². The lowest BCUT2D eigenvalue weighted by Crippen LogP contribution is -2.41. The van der Waals surface area contributed by atoms with E-state index in [2.05, 4.69) is 4.72 Å². The monoisotopic (exact) mass is 351 g/mol. The van der Waals surface area contributed by atoms with Crippen LogP contribution in [0.1, 0.15) is 24.8 Å². The number of benzene rings is 1. The van der Waals surface area contributed by atoms with Gasteiger partial charge in [0.2, 0.25) is 10.0 Å². The van der Waals surface area contributed by atoms with E-state index < -0.39 is 26.2 Å². The third kappa shape index (κ3) is 3.82. The van der Waals surface area contributed by atoms with Crippen molar-refractivity contribution in [3.63, 3.8) is 0 Å². The Hall–Kier alpha value is -2.19. The molecule has 2 aromatic rings. The molecular formula is C16H21N3O4S. The van der Waals surface area contributed by atoms with Gasteiger partial charge in [0.25, 0.3) is 5.56 Å². The summed E-state index contributed by atoms with van der Waals surface area (Å²) in [6.07, 6.45) is 1.64. The van der Waals surface area contributed by atoms with Gasteiger partial charge in [0, 0.05) is 26.8 Å². The van der Waals surface area contributed by atoms with E-state index in [0.29, 0.717) is 6.42 Å². The summed E-state index contributed by atoms with van der Waals surface area (Å²) in [6.45, 7) is 2.21. The van der Waals surface area contributed by atoms with Crippen LogP contribution in [0.2, 0.25) is 0 Å². The molecule has 0 spiro atoms. The molecule has 1 atom stereocenters. The highest BCUT2D eigenvalue weighted by molar-refractivity contribution is 7.89. The van der Waals surface area contributed by atoms with Gasteiger partial charge in [-0.05, 0) is 17.9 Å². The molecule has 0 amide bonds. The molecule has 0 fully saturated rings. The van der Waals surface area contributed by atoms with Crippen molar-refractivity contribution in [3.05, 3.63) is 62.9 Å². The second kappa shape index (κ2) is 7.14. The van der Waals surface area contributed by atoms with Crippen molar-refractivity contribution in [1.82, 2.24) is 13.9 Å². The first-order valence-electron chi connectivity index (χ1n) is 7.55. The van der Waals surface area contributed by atoms with Crippen molar-refractivity contribution >= 4 is 10.0 Å². The zero-order chi connectivity index (χ0) is 17.9. The number of hydrogen-bond donors (Lipinski definition) is 1. The summed E-state index contributed by atoms with van der Waals surface area (Å²) in [5, 5.41) is 0. The van der Waals surface area contributed by atoms with Gasteiger partial charge < -0.3 is 4.57 Å². The summed E-state index contributed by atoms with van der Waals surface area (Å²) < 4.78 is 29.0. The zero-order valence-corrected chi connectivity index (χ0v) is 14.7. The second-order valence-electron chi connectivity index (χ2n) is 5.75. The van der Waals surface area contributed by atoms with Gasteiger partial charge >= 0.3 is 5.69 Å². The molecule has 8 heteroatoms. The molecule has 1 heterocycles. The van der Waals surface area contributed by atoms with E-state index in [4.69, 9.17) is 0 Å². The van der Waals surface area contributed by atoms with Gasteiger partial charge in [-0.3, -0.25) is 9.36 Å². The first-order valence-corrected chi connectivity index (χ1v) is 9.03. The molecular weight excluding hydrogens is 330 g/mol. The Balaban J connectivity index is 2.13. The number of aryl methyl sites for hydroxylation is 1. The first-order chi connectivity index (χ1) is 11.2. The number of hydrogen-bond acceptors (Lipinski definition) is 4. The van der Waals surface area contributed by atoms with Crippen LogP contribution in [0.4, 0.5) is 0 Å². The van der Waals surface area contributed by atoms with Gasteiger partial charge in [0.05, 0.1) is 0 Å². The third-order valence-corrected chi connectivity index (χ3v) is 5.39. The van der Waals surface area contributed by atoms with Crippen LogP contribution >= 0.6 is 0 Å². The summed E-state index contributed by atoms with van der Waals surface area (Å²) in [5.41, 5.74) is -0.284. The molecule has 1 aromatic heterocycles. The van der Waals surface area contributed by atoms with Crippen molar-refractivity contribution in [2.24, 2.45) is 14.1 Å². The van der Waals surface area contributed by atoms with Crippen LogP contribution < -0.4 is 16.0 Å². The molecule has 1 N–H and O–H groups in total. The Labute approximate surface area is 140 Å². The highest BCUT2D eigenvalue weighted by atomic mass is 32.2. The number of rotatable bonds is 6. The highest BCUT2D eigenvalue weighted by Gasteiger charge is 2.21. The molecule has 24 heavy (non-hydrogen) atoms. The quantitative estimate of drug-likeness (QED) is 0.823. The van der Waals surface area contributed by atoms with Gasteiger partial charge in [-0.1, -0.05) is 37.3 Å². The summed E-state index contributed by atoms with van der Waals surface area (Å²) in [6, 6.07) is 9.77. The summed E-state index contributed by atoms with van der Waals surface area (Å²) in [7, 11) is -1.32. The normalized spacial score (nSPS) is 13.0. The minimum atomic E-state index is -3.97. The molecule has 0 aliphatic rings. The smallest absolute Gasteiger partial charge is 0.302 e. The highest BCUT2D eigenvalue weighted by Crippen LogP contribution is 2.17.